The molecule has 1 aliphatic rings. The van der Waals surface area contributed by atoms with Crippen molar-refractivity contribution in [3.8, 4) is 0 Å². The topological polar surface area (TPSA) is 26.3 Å². The normalized spacial score (nSPS) is 19.3. The maximum Gasteiger partial charge on any atom is 0.302 e. The fourth-order valence-corrected chi connectivity index (χ4v) is 3.10. The van der Waals surface area contributed by atoms with E-state index >= 15 is 0 Å². The molecule has 0 radical (unpaired) electrons. The molecule has 0 saturated heterocycles. The predicted molar refractivity (Wildman–Crippen MR) is 81.9 cm³/mol. The second kappa shape index (κ2) is 4.91. The Morgan fingerprint density at radius 2 is 1.60 bits per heavy atom. The van der Waals surface area contributed by atoms with Gasteiger partial charge in [-0.2, -0.15) is 0 Å². The summed E-state index contributed by atoms with van der Waals surface area (Å²) in [6.07, 6.45) is 2.42. The number of esters is 1. The molecule has 0 fully saturated rings. The summed E-state index contributed by atoms with van der Waals surface area (Å²) in [6.45, 7) is 13.2. The van der Waals surface area contributed by atoms with Crippen LogP contribution >= 0.6 is 0 Å². The molecule has 0 saturated carbocycles. The van der Waals surface area contributed by atoms with E-state index in [1.54, 1.807) is 0 Å². The molecule has 0 heterocycles. The lowest BCUT2D eigenvalue weighted by Crippen LogP contribution is -2.34. The third-order valence-corrected chi connectivity index (χ3v) is 4.74. The van der Waals surface area contributed by atoms with Crippen molar-refractivity contribution in [3.63, 3.8) is 0 Å². The standard InChI is InChI=1S/C18H26O2/c1-12-9-15-16(10-14(12)11-20-13(2)19)18(5,6)8-7-17(15,3)4/h9-10H,7-8,11H2,1-6H3. The lowest BCUT2D eigenvalue weighted by atomic mass is 9.62. The quantitative estimate of drug-likeness (QED) is 0.747. The van der Waals surface area contributed by atoms with Gasteiger partial charge in [-0.05, 0) is 52.8 Å². The first kappa shape index (κ1) is 15.1. The smallest absolute Gasteiger partial charge is 0.302 e. The highest BCUT2D eigenvalue weighted by atomic mass is 16.5. The van der Waals surface area contributed by atoms with Crippen molar-refractivity contribution < 1.29 is 9.53 Å². The van der Waals surface area contributed by atoms with Crippen LogP contribution in [0.2, 0.25) is 0 Å². The first-order valence-electron chi connectivity index (χ1n) is 7.41. The summed E-state index contributed by atoms with van der Waals surface area (Å²) in [4.78, 5) is 11.0. The highest BCUT2D eigenvalue weighted by Crippen LogP contribution is 2.46. The maximum atomic E-state index is 11.0. The molecule has 0 bridgehead atoms. The van der Waals surface area contributed by atoms with Crippen molar-refractivity contribution in [2.75, 3.05) is 0 Å². The fourth-order valence-electron chi connectivity index (χ4n) is 3.10. The highest BCUT2D eigenvalue weighted by molar-refractivity contribution is 5.66. The van der Waals surface area contributed by atoms with Gasteiger partial charge in [0, 0.05) is 6.92 Å². The third kappa shape index (κ3) is 2.74. The highest BCUT2D eigenvalue weighted by Gasteiger charge is 2.37. The van der Waals surface area contributed by atoms with E-state index < -0.39 is 0 Å². The van der Waals surface area contributed by atoms with E-state index in [2.05, 4.69) is 46.8 Å². The Bertz CT molecular complexity index is 539. The Hall–Kier alpha value is -1.31. The van der Waals surface area contributed by atoms with Crippen molar-refractivity contribution >= 4 is 5.97 Å². The number of fused-ring (bicyclic) bond motifs is 1. The number of rotatable bonds is 2. The number of hydrogen-bond acceptors (Lipinski definition) is 2. The summed E-state index contributed by atoms with van der Waals surface area (Å²) >= 11 is 0. The average molecular weight is 274 g/mol. The molecule has 2 nitrogen and oxygen atoms in total. The van der Waals surface area contributed by atoms with Gasteiger partial charge in [-0.3, -0.25) is 4.79 Å². The van der Waals surface area contributed by atoms with E-state index in [9.17, 15) is 4.79 Å². The minimum absolute atomic E-state index is 0.198. The number of aryl methyl sites for hydroxylation is 1. The third-order valence-electron chi connectivity index (χ3n) is 4.74. The first-order chi connectivity index (χ1) is 9.13. The second-order valence-corrected chi connectivity index (χ2v) is 7.37. The number of ether oxygens (including phenoxy) is 1. The Morgan fingerprint density at radius 3 is 2.10 bits per heavy atom. The van der Waals surface area contributed by atoms with Crippen LogP contribution in [0.15, 0.2) is 12.1 Å². The fraction of sp³-hybridized carbons (Fsp3) is 0.611. The van der Waals surface area contributed by atoms with Crippen LogP contribution in [0.25, 0.3) is 0 Å². The van der Waals surface area contributed by atoms with E-state index in [0.29, 0.717) is 6.61 Å². The molecule has 0 N–H and O–H groups in total. The van der Waals surface area contributed by atoms with E-state index in [1.807, 2.05) is 0 Å². The van der Waals surface area contributed by atoms with Gasteiger partial charge in [0.15, 0.2) is 0 Å². The van der Waals surface area contributed by atoms with Crippen molar-refractivity contribution in [1.82, 2.24) is 0 Å². The van der Waals surface area contributed by atoms with Gasteiger partial charge in [0.25, 0.3) is 0 Å². The summed E-state index contributed by atoms with van der Waals surface area (Å²) in [5, 5.41) is 0. The summed E-state index contributed by atoms with van der Waals surface area (Å²) < 4.78 is 5.18. The molecular formula is C18H26O2. The Morgan fingerprint density at radius 1 is 1.10 bits per heavy atom. The van der Waals surface area contributed by atoms with Gasteiger partial charge in [-0.1, -0.05) is 39.8 Å². The van der Waals surface area contributed by atoms with Crippen molar-refractivity contribution in [2.24, 2.45) is 0 Å². The van der Waals surface area contributed by atoms with Gasteiger partial charge in [0.1, 0.15) is 6.61 Å². The Labute approximate surface area is 122 Å². The summed E-state index contributed by atoms with van der Waals surface area (Å²) in [6, 6.07) is 4.56. The largest absolute Gasteiger partial charge is 0.461 e. The molecule has 1 aliphatic carbocycles. The molecule has 2 heteroatoms. The van der Waals surface area contributed by atoms with E-state index in [-0.39, 0.29) is 16.8 Å². The summed E-state index contributed by atoms with van der Waals surface area (Å²) in [5.74, 6) is -0.221. The van der Waals surface area contributed by atoms with Crippen LogP contribution < -0.4 is 0 Å². The molecule has 0 unspecified atom stereocenters. The van der Waals surface area contributed by atoms with Gasteiger partial charge in [-0.25, -0.2) is 0 Å². The zero-order chi connectivity index (χ0) is 15.1. The molecule has 110 valence electrons. The number of carbonyl (C=O) groups excluding carboxylic acids is 1. The van der Waals surface area contributed by atoms with Gasteiger partial charge in [0.2, 0.25) is 0 Å². The second-order valence-electron chi connectivity index (χ2n) is 7.37. The zero-order valence-corrected chi connectivity index (χ0v) is 13.6. The summed E-state index contributed by atoms with van der Waals surface area (Å²) in [5.41, 5.74) is 5.65. The minimum atomic E-state index is -0.221. The van der Waals surface area contributed by atoms with Crippen LogP contribution in [-0.2, 0) is 27.0 Å². The number of benzene rings is 1. The van der Waals surface area contributed by atoms with Gasteiger partial charge in [0.05, 0.1) is 0 Å². The molecule has 1 aromatic rings. The van der Waals surface area contributed by atoms with Crippen molar-refractivity contribution in [3.05, 3.63) is 34.4 Å². The van der Waals surface area contributed by atoms with Crippen LogP contribution in [-0.4, -0.2) is 5.97 Å². The van der Waals surface area contributed by atoms with Crippen LogP contribution in [0.4, 0.5) is 0 Å². The predicted octanol–water partition coefficient (Wildman–Crippen LogP) is 4.41. The summed E-state index contributed by atoms with van der Waals surface area (Å²) in [7, 11) is 0. The van der Waals surface area contributed by atoms with Crippen LogP contribution in [0.5, 0.6) is 0 Å². The molecule has 0 aliphatic heterocycles. The van der Waals surface area contributed by atoms with Crippen molar-refractivity contribution in [2.45, 2.75) is 71.8 Å². The molecule has 20 heavy (non-hydrogen) atoms. The van der Waals surface area contributed by atoms with E-state index in [4.69, 9.17) is 4.74 Å². The number of carbonyl (C=O) groups is 1. The molecule has 0 atom stereocenters. The van der Waals surface area contributed by atoms with Crippen LogP contribution in [0.1, 0.15) is 69.7 Å². The lowest BCUT2D eigenvalue weighted by molar-refractivity contribution is -0.142. The molecule has 0 spiro atoms. The van der Waals surface area contributed by atoms with Gasteiger partial charge >= 0.3 is 5.97 Å². The maximum absolute atomic E-state index is 11.0. The molecule has 0 amide bonds. The molecule has 1 aromatic carbocycles. The SMILES string of the molecule is CC(=O)OCc1cc2c(cc1C)C(C)(C)CCC2(C)C. The Balaban J connectivity index is 2.49. The Kier molecular flexibility index (Phi) is 3.70. The van der Waals surface area contributed by atoms with Crippen molar-refractivity contribution in [1.29, 1.82) is 0 Å². The zero-order valence-electron chi connectivity index (χ0n) is 13.6. The molecular weight excluding hydrogens is 248 g/mol. The first-order valence-corrected chi connectivity index (χ1v) is 7.41. The van der Waals surface area contributed by atoms with E-state index in [1.165, 1.54) is 36.5 Å². The monoisotopic (exact) mass is 274 g/mol. The van der Waals surface area contributed by atoms with E-state index in [0.717, 1.165) is 5.56 Å². The van der Waals surface area contributed by atoms with Crippen LogP contribution in [0.3, 0.4) is 0 Å². The molecule has 0 aromatic heterocycles. The van der Waals surface area contributed by atoms with Crippen LogP contribution in [0, 0.1) is 6.92 Å². The molecule has 2 rings (SSSR count). The van der Waals surface area contributed by atoms with Gasteiger partial charge in [-0.15, -0.1) is 0 Å². The number of hydrogen-bond donors (Lipinski definition) is 0. The van der Waals surface area contributed by atoms with Gasteiger partial charge < -0.3 is 4.74 Å². The minimum Gasteiger partial charge on any atom is -0.461 e. The lowest BCUT2D eigenvalue weighted by Gasteiger charge is -2.42. The average Bonchev–Trinajstić information content (AvgIpc) is 2.33.